The quantitative estimate of drug-likeness (QED) is 0.893. The summed E-state index contributed by atoms with van der Waals surface area (Å²) in [5.41, 5.74) is 6.96. The van der Waals surface area contributed by atoms with Crippen molar-refractivity contribution in [1.82, 2.24) is 9.78 Å². The fraction of sp³-hybridized carbons (Fsp3) is 0.429. The molecule has 2 atom stereocenters. The fourth-order valence-electron chi connectivity index (χ4n) is 1.99. The Bertz CT molecular complexity index is 591. The molecule has 2 N–H and O–H groups in total. The molecule has 2 aromatic rings. The van der Waals surface area contributed by atoms with Crippen LogP contribution in [0.4, 0.5) is 0 Å². The van der Waals surface area contributed by atoms with Crippen molar-refractivity contribution < 1.29 is 0 Å². The molecule has 96 valence electrons. The van der Waals surface area contributed by atoms with Gasteiger partial charge in [0.15, 0.2) is 0 Å². The van der Waals surface area contributed by atoms with Crippen LogP contribution in [0.1, 0.15) is 20.3 Å². The van der Waals surface area contributed by atoms with E-state index in [9.17, 15) is 4.79 Å². The monoisotopic (exact) mass is 245 g/mol. The second kappa shape index (κ2) is 5.31. The Labute approximate surface area is 106 Å². The summed E-state index contributed by atoms with van der Waals surface area (Å²) in [6, 6.07) is 7.56. The molecule has 2 rings (SSSR count). The fourth-order valence-corrected chi connectivity index (χ4v) is 1.99. The highest BCUT2D eigenvalue weighted by Gasteiger charge is 2.13. The SMILES string of the molecule is CCC(C)C(N)Cn1ncc(=O)c2ccccc21. The molecule has 0 radical (unpaired) electrons. The molecule has 0 aliphatic heterocycles. The summed E-state index contributed by atoms with van der Waals surface area (Å²) < 4.78 is 1.83. The molecule has 0 aliphatic carbocycles. The van der Waals surface area contributed by atoms with Gasteiger partial charge in [0.2, 0.25) is 5.43 Å². The average Bonchev–Trinajstić information content (AvgIpc) is 2.41. The molecule has 4 heteroatoms. The first-order chi connectivity index (χ1) is 8.63. The van der Waals surface area contributed by atoms with E-state index < -0.39 is 0 Å². The van der Waals surface area contributed by atoms with E-state index >= 15 is 0 Å². The van der Waals surface area contributed by atoms with Crippen LogP contribution in [-0.2, 0) is 6.54 Å². The smallest absolute Gasteiger partial charge is 0.207 e. The zero-order valence-electron chi connectivity index (χ0n) is 10.8. The Kier molecular flexibility index (Phi) is 3.77. The Morgan fingerprint density at radius 1 is 1.39 bits per heavy atom. The Morgan fingerprint density at radius 3 is 2.83 bits per heavy atom. The van der Waals surface area contributed by atoms with Crippen LogP contribution in [0, 0.1) is 5.92 Å². The Hall–Kier alpha value is -1.68. The minimum Gasteiger partial charge on any atom is -0.326 e. The van der Waals surface area contributed by atoms with E-state index in [0.717, 1.165) is 11.9 Å². The van der Waals surface area contributed by atoms with E-state index in [4.69, 9.17) is 5.73 Å². The second-order valence-electron chi connectivity index (χ2n) is 4.76. The van der Waals surface area contributed by atoms with Gasteiger partial charge in [-0.15, -0.1) is 0 Å². The highest BCUT2D eigenvalue weighted by atomic mass is 16.1. The topological polar surface area (TPSA) is 60.9 Å². The van der Waals surface area contributed by atoms with Crippen LogP contribution in [0.3, 0.4) is 0 Å². The van der Waals surface area contributed by atoms with Crippen molar-refractivity contribution in [3.05, 3.63) is 40.7 Å². The molecule has 1 heterocycles. The van der Waals surface area contributed by atoms with Crippen LogP contribution in [0.25, 0.3) is 10.9 Å². The number of hydrogen-bond acceptors (Lipinski definition) is 3. The Morgan fingerprint density at radius 2 is 2.11 bits per heavy atom. The van der Waals surface area contributed by atoms with E-state index in [0.29, 0.717) is 17.8 Å². The molecule has 2 unspecified atom stereocenters. The molecule has 0 bridgehead atoms. The highest BCUT2D eigenvalue weighted by molar-refractivity contribution is 5.77. The van der Waals surface area contributed by atoms with E-state index in [2.05, 4.69) is 18.9 Å². The van der Waals surface area contributed by atoms with Crippen molar-refractivity contribution >= 4 is 10.9 Å². The summed E-state index contributed by atoms with van der Waals surface area (Å²) in [7, 11) is 0. The molecule has 1 aromatic carbocycles. The van der Waals surface area contributed by atoms with Gasteiger partial charge in [-0.1, -0.05) is 32.4 Å². The van der Waals surface area contributed by atoms with Crippen molar-refractivity contribution in [3.8, 4) is 0 Å². The van der Waals surface area contributed by atoms with E-state index in [1.54, 1.807) is 0 Å². The molecular formula is C14H19N3O. The van der Waals surface area contributed by atoms with Crippen LogP contribution < -0.4 is 11.2 Å². The summed E-state index contributed by atoms with van der Waals surface area (Å²) in [6.07, 6.45) is 2.41. The first-order valence-electron chi connectivity index (χ1n) is 6.34. The number of rotatable bonds is 4. The van der Waals surface area contributed by atoms with E-state index in [1.807, 2.05) is 28.9 Å². The zero-order chi connectivity index (χ0) is 13.1. The average molecular weight is 245 g/mol. The number of hydrogen-bond donors (Lipinski definition) is 1. The van der Waals surface area contributed by atoms with Gasteiger partial charge in [-0.25, -0.2) is 0 Å². The third-order valence-electron chi connectivity index (χ3n) is 3.52. The number of nitrogens with zero attached hydrogens (tertiary/aromatic N) is 2. The van der Waals surface area contributed by atoms with E-state index in [1.165, 1.54) is 6.20 Å². The maximum Gasteiger partial charge on any atom is 0.207 e. The van der Waals surface area contributed by atoms with E-state index in [-0.39, 0.29) is 11.5 Å². The van der Waals surface area contributed by atoms with Crippen molar-refractivity contribution in [2.24, 2.45) is 11.7 Å². The van der Waals surface area contributed by atoms with Crippen molar-refractivity contribution in [1.29, 1.82) is 0 Å². The number of fused-ring (bicyclic) bond motifs is 1. The molecular weight excluding hydrogens is 226 g/mol. The van der Waals surface area contributed by atoms with Gasteiger partial charge in [0.25, 0.3) is 0 Å². The molecule has 0 aliphatic rings. The van der Waals surface area contributed by atoms with Gasteiger partial charge < -0.3 is 5.73 Å². The van der Waals surface area contributed by atoms with Gasteiger partial charge in [0.1, 0.15) is 0 Å². The van der Waals surface area contributed by atoms with Gasteiger partial charge in [0.05, 0.1) is 18.3 Å². The predicted octanol–water partition coefficient (Wildman–Crippen LogP) is 1.77. The van der Waals surface area contributed by atoms with Crippen LogP contribution in [0.15, 0.2) is 35.3 Å². The molecule has 0 fully saturated rings. The summed E-state index contributed by atoms with van der Waals surface area (Å²) in [5, 5.41) is 4.89. The second-order valence-corrected chi connectivity index (χ2v) is 4.76. The third kappa shape index (κ3) is 2.43. The van der Waals surface area contributed by atoms with Crippen LogP contribution in [0.5, 0.6) is 0 Å². The lowest BCUT2D eigenvalue weighted by molar-refractivity contribution is 0.384. The summed E-state index contributed by atoms with van der Waals surface area (Å²) >= 11 is 0. The summed E-state index contributed by atoms with van der Waals surface area (Å²) in [6.45, 7) is 4.90. The lowest BCUT2D eigenvalue weighted by atomic mass is 10.0. The standard InChI is InChI=1S/C14H19N3O/c1-3-10(2)12(15)9-17-13-7-5-4-6-11(13)14(18)8-16-17/h4-8,10,12H,3,9,15H2,1-2H3. The largest absolute Gasteiger partial charge is 0.326 e. The van der Waals surface area contributed by atoms with Crippen LogP contribution in [0.2, 0.25) is 0 Å². The minimum atomic E-state index is -0.0426. The maximum atomic E-state index is 11.7. The molecule has 1 aromatic heterocycles. The molecule has 0 amide bonds. The summed E-state index contributed by atoms with van der Waals surface area (Å²) in [4.78, 5) is 11.7. The molecule has 18 heavy (non-hydrogen) atoms. The van der Waals surface area contributed by atoms with Gasteiger partial charge in [-0.05, 0) is 18.1 Å². The van der Waals surface area contributed by atoms with Gasteiger partial charge in [-0.2, -0.15) is 5.10 Å². The lowest BCUT2D eigenvalue weighted by Gasteiger charge is -2.20. The molecule has 0 saturated carbocycles. The molecule has 4 nitrogen and oxygen atoms in total. The molecule has 0 saturated heterocycles. The lowest BCUT2D eigenvalue weighted by Crippen LogP contribution is -2.34. The maximum absolute atomic E-state index is 11.7. The number of benzene rings is 1. The minimum absolute atomic E-state index is 0.0426. The van der Waals surface area contributed by atoms with Gasteiger partial charge in [-0.3, -0.25) is 9.48 Å². The van der Waals surface area contributed by atoms with Crippen LogP contribution >= 0.6 is 0 Å². The van der Waals surface area contributed by atoms with Crippen LogP contribution in [-0.4, -0.2) is 15.8 Å². The predicted molar refractivity (Wildman–Crippen MR) is 73.4 cm³/mol. The first kappa shape index (κ1) is 12.8. The highest BCUT2D eigenvalue weighted by Crippen LogP contribution is 2.11. The third-order valence-corrected chi connectivity index (χ3v) is 3.52. The van der Waals surface area contributed by atoms with Gasteiger partial charge in [0, 0.05) is 11.4 Å². The van der Waals surface area contributed by atoms with Crippen molar-refractivity contribution in [2.45, 2.75) is 32.9 Å². The number of nitrogens with two attached hydrogens (primary N) is 1. The number of aromatic nitrogens is 2. The first-order valence-corrected chi connectivity index (χ1v) is 6.34. The normalized spacial score (nSPS) is 14.6. The molecule has 0 spiro atoms. The number of para-hydroxylation sites is 1. The summed E-state index contributed by atoms with van der Waals surface area (Å²) in [5.74, 6) is 0.435. The Balaban J connectivity index is 2.40. The van der Waals surface area contributed by atoms with Crippen molar-refractivity contribution in [3.63, 3.8) is 0 Å². The van der Waals surface area contributed by atoms with Gasteiger partial charge >= 0.3 is 0 Å². The van der Waals surface area contributed by atoms with Crippen molar-refractivity contribution in [2.75, 3.05) is 0 Å². The zero-order valence-corrected chi connectivity index (χ0v) is 10.8.